The molecule has 0 fully saturated rings. The Hall–Kier alpha value is -1.53. The number of aldehydes is 1. The maximum absolute atomic E-state index is 10.4. The van der Waals surface area contributed by atoms with Crippen LogP contribution >= 0.6 is 23.4 Å². The van der Waals surface area contributed by atoms with Gasteiger partial charge in [0.25, 0.3) is 0 Å². The van der Waals surface area contributed by atoms with Crippen LogP contribution in [0.4, 0.5) is 5.69 Å². The highest BCUT2D eigenvalue weighted by Gasteiger charge is 2.11. The summed E-state index contributed by atoms with van der Waals surface area (Å²) in [4.78, 5) is 10.4. The Morgan fingerprint density at radius 2 is 2.20 bits per heavy atom. The normalized spacial score (nSPS) is 10.5. The quantitative estimate of drug-likeness (QED) is 0.629. The van der Waals surface area contributed by atoms with Crippen molar-refractivity contribution in [2.24, 2.45) is 0 Å². The van der Waals surface area contributed by atoms with Gasteiger partial charge in [-0.2, -0.15) is 0 Å². The van der Waals surface area contributed by atoms with Crippen LogP contribution in [0.3, 0.4) is 0 Å². The van der Waals surface area contributed by atoms with Gasteiger partial charge in [0.05, 0.1) is 23.0 Å². The zero-order valence-corrected chi connectivity index (χ0v) is 12.6. The Morgan fingerprint density at radius 3 is 2.90 bits per heavy atom. The lowest BCUT2D eigenvalue weighted by atomic mass is 10.3. The van der Waals surface area contributed by atoms with Crippen molar-refractivity contribution in [1.82, 2.24) is 14.8 Å². The average molecular weight is 311 g/mol. The largest absolute Gasteiger partial charge is 0.377 e. The highest BCUT2D eigenvalue weighted by Crippen LogP contribution is 2.22. The third-order valence-corrected chi connectivity index (χ3v) is 3.89. The molecular weight excluding hydrogens is 296 g/mol. The highest BCUT2D eigenvalue weighted by molar-refractivity contribution is 7.99. The molecule has 2 rings (SSSR count). The van der Waals surface area contributed by atoms with Crippen molar-refractivity contribution in [3.8, 4) is 0 Å². The van der Waals surface area contributed by atoms with Crippen LogP contribution in [-0.4, -0.2) is 26.8 Å². The van der Waals surface area contributed by atoms with E-state index in [-0.39, 0.29) is 0 Å². The molecule has 0 radical (unpaired) electrons. The topological polar surface area (TPSA) is 59.8 Å². The van der Waals surface area contributed by atoms with E-state index in [0.717, 1.165) is 29.5 Å². The molecule has 0 bridgehead atoms. The first kappa shape index (κ1) is 14.9. The second kappa shape index (κ2) is 7.31. The summed E-state index contributed by atoms with van der Waals surface area (Å²) < 4.78 is 1.98. The smallest absolute Gasteiger partial charge is 0.191 e. The van der Waals surface area contributed by atoms with Crippen LogP contribution < -0.4 is 5.32 Å². The molecule has 0 spiro atoms. The molecule has 1 heterocycles. The van der Waals surface area contributed by atoms with Crippen molar-refractivity contribution < 1.29 is 4.79 Å². The summed E-state index contributed by atoms with van der Waals surface area (Å²) in [6.45, 7) is 3.31. The number of carbonyl (C=O) groups excluding carboxylic acids is 1. The maximum Gasteiger partial charge on any atom is 0.191 e. The summed E-state index contributed by atoms with van der Waals surface area (Å²) in [6, 6.07) is 7.55. The number of halogens is 1. The molecule has 20 heavy (non-hydrogen) atoms. The molecule has 106 valence electrons. The number of nitrogens with one attached hydrogen (secondary N) is 1. The summed E-state index contributed by atoms with van der Waals surface area (Å²) in [5, 5.41) is 12.9. The maximum atomic E-state index is 10.4. The van der Waals surface area contributed by atoms with Gasteiger partial charge in [0.15, 0.2) is 11.0 Å². The predicted octanol–water partition coefficient (Wildman–Crippen LogP) is 2.85. The van der Waals surface area contributed by atoms with Crippen LogP contribution in [0, 0.1) is 0 Å². The van der Waals surface area contributed by atoms with Crippen molar-refractivity contribution in [3.05, 3.63) is 35.1 Å². The fraction of sp³-hybridized carbons (Fsp3) is 0.308. The number of thioether (sulfide) groups is 1. The van der Waals surface area contributed by atoms with Crippen LogP contribution in [0.15, 0.2) is 29.4 Å². The Bertz CT molecular complexity index is 588. The van der Waals surface area contributed by atoms with Gasteiger partial charge in [-0.05, 0) is 19.1 Å². The van der Waals surface area contributed by atoms with Gasteiger partial charge in [-0.1, -0.05) is 35.5 Å². The Morgan fingerprint density at radius 1 is 1.40 bits per heavy atom. The Kier molecular flexibility index (Phi) is 5.43. The SMILES string of the molecule is CCn1c(CNc2ccccc2Cl)nnc1SCC=O. The van der Waals surface area contributed by atoms with Crippen LogP contribution in [0.2, 0.25) is 5.02 Å². The van der Waals surface area contributed by atoms with Gasteiger partial charge in [0, 0.05) is 6.54 Å². The summed E-state index contributed by atoms with van der Waals surface area (Å²) in [6.07, 6.45) is 0.862. The number of carbonyl (C=O) groups is 1. The molecule has 2 aromatic rings. The first-order valence-electron chi connectivity index (χ1n) is 6.23. The van der Waals surface area contributed by atoms with Crippen LogP contribution in [-0.2, 0) is 17.9 Å². The molecule has 0 atom stereocenters. The van der Waals surface area contributed by atoms with Crippen molar-refractivity contribution in [1.29, 1.82) is 0 Å². The second-order valence-electron chi connectivity index (χ2n) is 3.95. The molecule has 0 saturated heterocycles. The number of nitrogens with zero attached hydrogens (tertiary/aromatic N) is 3. The first-order valence-corrected chi connectivity index (χ1v) is 7.59. The van der Waals surface area contributed by atoms with Gasteiger partial charge in [-0.25, -0.2) is 0 Å². The number of benzene rings is 1. The highest BCUT2D eigenvalue weighted by atomic mass is 35.5. The monoisotopic (exact) mass is 310 g/mol. The number of hydrogen-bond donors (Lipinski definition) is 1. The zero-order valence-electron chi connectivity index (χ0n) is 11.0. The number of aromatic nitrogens is 3. The zero-order chi connectivity index (χ0) is 14.4. The van der Waals surface area contributed by atoms with Crippen LogP contribution in [0.25, 0.3) is 0 Å². The van der Waals surface area contributed by atoms with Crippen molar-refractivity contribution in [2.45, 2.75) is 25.2 Å². The van der Waals surface area contributed by atoms with E-state index in [2.05, 4.69) is 15.5 Å². The summed E-state index contributed by atoms with van der Waals surface area (Å²) in [5.41, 5.74) is 0.863. The van der Waals surface area contributed by atoms with E-state index in [1.807, 2.05) is 35.8 Å². The molecule has 0 amide bonds. The van der Waals surface area contributed by atoms with Crippen molar-refractivity contribution in [3.63, 3.8) is 0 Å². The first-order chi connectivity index (χ1) is 9.76. The van der Waals surface area contributed by atoms with E-state index < -0.39 is 0 Å². The van der Waals surface area contributed by atoms with E-state index in [1.54, 1.807) is 0 Å². The van der Waals surface area contributed by atoms with Gasteiger partial charge in [-0.15, -0.1) is 10.2 Å². The predicted molar refractivity (Wildman–Crippen MR) is 81.3 cm³/mol. The molecule has 0 aliphatic heterocycles. The van der Waals surface area contributed by atoms with Gasteiger partial charge >= 0.3 is 0 Å². The third kappa shape index (κ3) is 3.52. The van der Waals surface area contributed by atoms with E-state index in [1.165, 1.54) is 11.8 Å². The average Bonchev–Trinajstić information content (AvgIpc) is 2.86. The molecule has 5 nitrogen and oxygen atoms in total. The standard InChI is InChI=1S/C13H15ClN4OS/c1-2-18-12(16-17-13(18)20-8-7-19)9-15-11-6-4-3-5-10(11)14/h3-7,15H,2,8-9H2,1H3. The van der Waals surface area contributed by atoms with E-state index >= 15 is 0 Å². The Balaban J connectivity index is 2.08. The van der Waals surface area contributed by atoms with E-state index in [4.69, 9.17) is 11.6 Å². The lowest BCUT2D eigenvalue weighted by Crippen LogP contribution is -2.09. The molecule has 7 heteroatoms. The second-order valence-corrected chi connectivity index (χ2v) is 5.35. The molecule has 1 aromatic heterocycles. The summed E-state index contributed by atoms with van der Waals surface area (Å²) in [7, 11) is 0. The van der Waals surface area contributed by atoms with Gasteiger partial charge in [0.2, 0.25) is 0 Å². The minimum Gasteiger partial charge on any atom is -0.377 e. The number of rotatable bonds is 7. The number of para-hydroxylation sites is 1. The molecule has 0 unspecified atom stereocenters. The van der Waals surface area contributed by atoms with Gasteiger partial charge < -0.3 is 14.7 Å². The molecule has 1 N–H and O–H groups in total. The Labute approximate surface area is 126 Å². The lowest BCUT2D eigenvalue weighted by Gasteiger charge is -2.09. The minimum atomic E-state index is 0.385. The fourth-order valence-corrected chi connectivity index (χ4v) is 2.67. The lowest BCUT2D eigenvalue weighted by molar-refractivity contribution is -0.105. The van der Waals surface area contributed by atoms with Crippen LogP contribution in [0.5, 0.6) is 0 Å². The minimum absolute atomic E-state index is 0.385. The van der Waals surface area contributed by atoms with Crippen LogP contribution in [0.1, 0.15) is 12.7 Å². The van der Waals surface area contributed by atoms with Crippen molar-refractivity contribution >= 4 is 35.3 Å². The van der Waals surface area contributed by atoms with E-state index in [0.29, 0.717) is 17.3 Å². The molecule has 1 aromatic carbocycles. The number of hydrogen-bond acceptors (Lipinski definition) is 5. The summed E-state index contributed by atoms with van der Waals surface area (Å²) in [5.74, 6) is 1.21. The molecule has 0 saturated carbocycles. The third-order valence-electron chi connectivity index (χ3n) is 2.70. The number of anilines is 1. The molecule has 0 aliphatic rings. The van der Waals surface area contributed by atoms with Gasteiger partial charge in [0.1, 0.15) is 6.29 Å². The van der Waals surface area contributed by atoms with Gasteiger partial charge in [-0.3, -0.25) is 0 Å². The summed E-state index contributed by atoms with van der Waals surface area (Å²) >= 11 is 7.47. The van der Waals surface area contributed by atoms with Crippen molar-refractivity contribution in [2.75, 3.05) is 11.1 Å². The molecule has 0 aliphatic carbocycles. The van der Waals surface area contributed by atoms with E-state index in [9.17, 15) is 4.79 Å². The molecular formula is C13H15ClN4OS. The fourth-order valence-electron chi connectivity index (χ4n) is 1.76.